The maximum absolute atomic E-state index is 11.4. The SMILES string of the molecule is Cn1c(C2CCCCC2C(=O)O)nc2cccnc21. The lowest BCUT2D eigenvalue weighted by Crippen LogP contribution is -2.27. The number of imidazole rings is 1. The summed E-state index contributed by atoms with van der Waals surface area (Å²) in [5.74, 6) is -0.153. The van der Waals surface area contributed by atoms with Crippen LogP contribution in [0.4, 0.5) is 0 Å². The van der Waals surface area contributed by atoms with Gasteiger partial charge in [0.2, 0.25) is 0 Å². The molecule has 3 rings (SSSR count). The molecule has 2 heterocycles. The fraction of sp³-hybridized carbons (Fsp3) is 0.500. The van der Waals surface area contributed by atoms with Crippen molar-refractivity contribution in [2.75, 3.05) is 0 Å². The van der Waals surface area contributed by atoms with Gasteiger partial charge in [0.15, 0.2) is 5.65 Å². The highest BCUT2D eigenvalue weighted by Crippen LogP contribution is 2.38. The quantitative estimate of drug-likeness (QED) is 0.898. The number of hydrogen-bond donors (Lipinski definition) is 1. The molecule has 2 atom stereocenters. The smallest absolute Gasteiger partial charge is 0.307 e. The monoisotopic (exact) mass is 259 g/mol. The molecular weight excluding hydrogens is 242 g/mol. The Balaban J connectivity index is 2.07. The number of carboxylic acids is 1. The Hall–Kier alpha value is -1.91. The van der Waals surface area contributed by atoms with E-state index in [0.717, 1.165) is 42.7 Å². The van der Waals surface area contributed by atoms with Crippen LogP contribution in [0.3, 0.4) is 0 Å². The lowest BCUT2D eigenvalue weighted by atomic mass is 9.79. The van der Waals surface area contributed by atoms with Gasteiger partial charge in [0.1, 0.15) is 11.3 Å². The molecule has 5 nitrogen and oxygen atoms in total. The molecule has 0 radical (unpaired) electrons. The Morgan fingerprint density at radius 3 is 2.95 bits per heavy atom. The van der Waals surface area contributed by atoms with Crippen LogP contribution in [0.5, 0.6) is 0 Å². The minimum Gasteiger partial charge on any atom is -0.481 e. The van der Waals surface area contributed by atoms with Crippen molar-refractivity contribution in [1.82, 2.24) is 14.5 Å². The van der Waals surface area contributed by atoms with Gasteiger partial charge in [-0.2, -0.15) is 0 Å². The zero-order valence-corrected chi connectivity index (χ0v) is 10.9. The summed E-state index contributed by atoms with van der Waals surface area (Å²) in [5.41, 5.74) is 1.67. The van der Waals surface area contributed by atoms with E-state index < -0.39 is 5.97 Å². The van der Waals surface area contributed by atoms with Gasteiger partial charge in [0.05, 0.1) is 5.92 Å². The lowest BCUT2D eigenvalue weighted by Gasteiger charge is -2.27. The van der Waals surface area contributed by atoms with E-state index in [1.165, 1.54) is 0 Å². The fourth-order valence-electron chi connectivity index (χ4n) is 3.11. The second-order valence-corrected chi connectivity index (χ2v) is 5.21. The largest absolute Gasteiger partial charge is 0.481 e. The molecule has 1 N–H and O–H groups in total. The molecule has 0 aliphatic heterocycles. The van der Waals surface area contributed by atoms with Crippen molar-refractivity contribution < 1.29 is 9.90 Å². The standard InChI is InChI=1S/C14H17N3O2/c1-17-12(16-11-7-4-8-15-13(11)17)9-5-2-3-6-10(9)14(18)19/h4,7-10H,2-3,5-6H2,1H3,(H,18,19). The van der Waals surface area contributed by atoms with E-state index in [0.29, 0.717) is 0 Å². The maximum Gasteiger partial charge on any atom is 0.307 e. The van der Waals surface area contributed by atoms with Crippen LogP contribution in [0, 0.1) is 5.92 Å². The highest BCUT2D eigenvalue weighted by molar-refractivity contribution is 5.73. The molecule has 19 heavy (non-hydrogen) atoms. The molecule has 0 bridgehead atoms. The number of pyridine rings is 1. The molecule has 0 saturated heterocycles. The summed E-state index contributed by atoms with van der Waals surface area (Å²) in [7, 11) is 1.92. The molecule has 0 amide bonds. The molecule has 2 unspecified atom stereocenters. The Morgan fingerprint density at radius 1 is 1.42 bits per heavy atom. The van der Waals surface area contributed by atoms with E-state index in [2.05, 4.69) is 9.97 Å². The first-order valence-corrected chi connectivity index (χ1v) is 6.68. The average molecular weight is 259 g/mol. The molecular formula is C14H17N3O2. The molecule has 0 aromatic carbocycles. The number of fused-ring (bicyclic) bond motifs is 1. The molecule has 5 heteroatoms. The van der Waals surface area contributed by atoms with Crippen LogP contribution in [0.25, 0.3) is 11.2 Å². The van der Waals surface area contributed by atoms with Gasteiger partial charge in [-0.15, -0.1) is 0 Å². The van der Waals surface area contributed by atoms with Crippen LogP contribution in [-0.2, 0) is 11.8 Å². The number of aromatic nitrogens is 3. The maximum atomic E-state index is 11.4. The van der Waals surface area contributed by atoms with Crippen LogP contribution in [0.2, 0.25) is 0 Å². The Labute approximate surface area is 111 Å². The van der Waals surface area contributed by atoms with E-state index in [1.807, 2.05) is 23.7 Å². The van der Waals surface area contributed by atoms with E-state index in [4.69, 9.17) is 0 Å². The summed E-state index contributed by atoms with van der Waals surface area (Å²) < 4.78 is 1.95. The zero-order valence-electron chi connectivity index (χ0n) is 10.9. The molecule has 2 aromatic heterocycles. The summed E-state index contributed by atoms with van der Waals surface area (Å²) in [4.78, 5) is 20.3. The number of hydrogen-bond acceptors (Lipinski definition) is 3. The Bertz CT molecular complexity index is 620. The van der Waals surface area contributed by atoms with Gasteiger partial charge in [-0.05, 0) is 25.0 Å². The predicted octanol–water partition coefficient (Wildman–Crippen LogP) is 2.33. The summed E-state index contributed by atoms with van der Waals surface area (Å²) in [6.07, 6.45) is 5.45. The van der Waals surface area contributed by atoms with E-state index in [-0.39, 0.29) is 11.8 Å². The molecule has 1 saturated carbocycles. The first-order chi connectivity index (χ1) is 9.18. The summed E-state index contributed by atoms with van der Waals surface area (Å²) in [5, 5.41) is 9.38. The Morgan fingerprint density at radius 2 is 2.21 bits per heavy atom. The number of carboxylic acid groups (broad SMARTS) is 1. The third kappa shape index (κ3) is 1.99. The van der Waals surface area contributed by atoms with Crippen LogP contribution < -0.4 is 0 Å². The molecule has 1 fully saturated rings. The van der Waals surface area contributed by atoms with E-state index >= 15 is 0 Å². The molecule has 0 spiro atoms. The first-order valence-electron chi connectivity index (χ1n) is 6.68. The zero-order chi connectivity index (χ0) is 13.4. The summed E-state index contributed by atoms with van der Waals surface area (Å²) >= 11 is 0. The van der Waals surface area contributed by atoms with Gasteiger partial charge in [0, 0.05) is 19.2 Å². The van der Waals surface area contributed by atoms with Gasteiger partial charge in [0.25, 0.3) is 0 Å². The third-order valence-corrected chi connectivity index (χ3v) is 4.08. The third-order valence-electron chi connectivity index (χ3n) is 4.08. The predicted molar refractivity (Wildman–Crippen MR) is 70.8 cm³/mol. The van der Waals surface area contributed by atoms with Gasteiger partial charge >= 0.3 is 5.97 Å². The highest BCUT2D eigenvalue weighted by Gasteiger charge is 2.34. The van der Waals surface area contributed by atoms with E-state index in [9.17, 15) is 9.90 Å². The van der Waals surface area contributed by atoms with Crippen molar-refractivity contribution in [2.24, 2.45) is 13.0 Å². The van der Waals surface area contributed by atoms with Crippen LogP contribution in [0.15, 0.2) is 18.3 Å². The summed E-state index contributed by atoms with van der Waals surface area (Å²) in [6.45, 7) is 0. The molecule has 2 aromatic rings. The molecule has 1 aliphatic carbocycles. The first kappa shape index (κ1) is 12.1. The van der Waals surface area contributed by atoms with Crippen molar-refractivity contribution >= 4 is 17.1 Å². The van der Waals surface area contributed by atoms with Gasteiger partial charge in [-0.1, -0.05) is 12.8 Å². The molecule has 1 aliphatic rings. The number of carbonyl (C=O) groups is 1. The van der Waals surface area contributed by atoms with Crippen molar-refractivity contribution in [1.29, 1.82) is 0 Å². The number of rotatable bonds is 2. The van der Waals surface area contributed by atoms with Crippen LogP contribution in [0.1, 0.15) is 37.4 Å². The van der Waals surface area contributed by atoms with Gasteiger partial charge in [-0.25, -0.2) is 9.97 Å². The average Bonchev–Trinajstić information content (AvgIpc) is 2.76. The minimum absolute atomic E-state index is 0.00505. The van der Waals surface area contributed by atoms with Gasteiger partial charge < -0.3 is 9.67 Å². The van der Waals surface area contributed by atoms with Gasteiger partial charge in [-0.3, -0.25) is 4.79 Å². The highest BCUT2D eigenvalue weighted by atomic mass is 16.4. The topological polar surface area (TPSA) is 68.0 Å². The second kappa shape index (κ2) is 4.64. The number of aryl methyl sites for hydroxylation is 1. The lowest BCUT2D eigenvalue weighted by molar-refractivity contribution is -0.143. The normalized spacial score (nSPS) is 23.6. The van der Waals surface area contributed by atoms with Crippen molar-refractivity contribution in [3.63, 3.8) is 0 Å². The van der Waals surface area contributed by atoms with E-state index in [1.54, 1.807) is 6.20 Å². The second-order valence-electron chi connectivity index (χ2n) is 5.21. The minimum atomic E-state index is -0.704. The number of nitrogens with zero attached hydrogens (tertiary/aromatic N) is 3. The number of aliphatic carboxylic acids is 1. The molecule has 100 valence electrons. The Kier molecular flexibility index (Phi) is 2.97. The van der Waals surface area contributed by atoms with Crippen molar-refractivity contribution in [3.05, 3.63) is 24.2 Å². The van der Waals surface area contributed by atoms with Crippen molar-refractivity contribution in [3.8, 4) is 0 Å². The summed E-state index contributed by atoms with van der Waals surface area (Å²) in [6, 6.07) is 3.78. The van der Waals surface area contributed by atoms with Crippen molar-refractivity contribution in [2.45, 2.75) is 31.6 Å². The van der Waals surface area contributed by atoms with Crippen LogP contribution >= 0.6 is 0 Å². The van der Waals surface area contributed by atoms with Crippen LogP contribution in [-0.4, -0.2) is 25.6 Å². The fourth-order valence-corrected chi connectivity index (χ4v) is 3.11.